The Kier molecular flexibility index (Phi) is 6.55. The lowest BCUT2D eigenvalue weighted by Gasteiger charge is -2.17. The minimum absolute atomic E-state index is 0.255. The molecule has 0 N–H and O–H groups in total. The molecule has 3 heterocycles. The normalized spacial score (nSPS) is 25.9. The first-order valence-electron chi connectivity index (χ1n) is 9.67. The Balaban J connectivity index is 1.47. The second-order valence-corrected chi connectivity index (χ2v) is 7.23. The Morgan fingerprint density at radius 3 is 1.67 bits per heavy atom. The van der Waals surface area contributed by atoms with Crippen molar-refractivity contribution >= 4 is 6.08 Å². The summed E-state index contributed by atoms with van der Waals surface area (Å²) in [5.41, 5.74) is 4.58. The van der Waals surface area contributed by atoms with E-state index in [4.69, 9.17) is 28.4 Å². The van der Waals surface area contributed by atoms with Crippen LogP contribution in [0.2, 0.25) is 0 Å². The molecular formula is C21H28O6. The zero-order valence-electron chi connectivity index (χ0n) is 15.9. The van der Waals surface area contributed by atoms with Gasteiger partial charge >= 0.3 is 0 Å². The number of benzene rings is 1. The van der Waals surface area contributed by atoms with Crippen molar-refractivity contribution < 1.29 is 28.4 Å². The summed E-state index contributed by atoms with van der Waals surface area (Å²) < 4.78 is 33.4. The van der Waals surface area contributed by atoms with Crippen LogP contribution in [0.4, 0.5) is 0 Å². The number of hydrogen-bond donors (Lipinski definition) is 0. The Labute approximate surface area is 160 Å². The Morgan fingerprint density at radius 1 is 0.815 bits per heavy atom. The first-order valence-corrected chi connectivity index (χ1v) is 9.67. The van der Waals surface area contributed by atoms with Gasteiger partial charge in [0.2, 0.25) is 0 Å². The zero-order valence-corrected chi connectivity index (χ0v) is 15.9. The van der Waals surface area contributed by atoms with Gasteiger partial charge in [-0.2, -0.15) is 0 Å². The largest absolute Gasteiger partial charge is 0.374 e. The van der Waals surface area contributed by atoms with E-state index in [9.17, 15) is 0 Å². The highest BCUT2D eigenvalue weighted by atomic mass is 16.6. The molecule has 0 spiro atoms. The molecule has 3 atom stereocenters. The van der Waals surface area contributed by atoms with Crippen LogP contribution >= 0.6 is 0 Å². The zero-order chi connectivity index (χ0) is 18.5. The second kappa shape index (κ2) is 9.28. The van der Waals surface area contributed by atoms with Gasteiger partial charge in [-0.05, 0) is 41.3 Å². The van der Waals surface area contributed by atoms with Crippen LogP contribution in [0, 0.1) is 0 Å². The van der Waals surface area contributed by atoms with Crippen molar-refractivity contribution in [2.45, 2.75) is 45.1 Å². The van der Waals surface area contributed by atoms with Crippen LogP contribution in [0.15, 0.2) is 18.2 Å². The number of ether oxygens (including phenoxy) is 6. The highest BCUT2D eigenvalue weighted by Gasteiger charge is 2.25. The maximum absolute atomic E-state index is 5.90. The number of epoxide rings is 3. The van der Waals surface area contributed by atoms with Crippen LogP contribution in [0.1, 0.15) is 29.2 Å². The summed E-state index contributed by atoms with van der Waals surface area (Å²) in [6.45, 7) is 7.95. The summed E-state index contributed by atoms with van der Waals surface area (Å²) in [6, 6.07) is 4.35. The third-order valence-corrected chi connectivity index (χ3v) is 4.70. The van der Waals surface area contributed by atoms with Gasteiger partial charge in [-0.3, -0.25) is 0 Å². The molecule has 1 aromatic carbocycles. The van der Waals surface area contributed by atoms with E-state index in [2.05, 4.69) is 18.2 Å². The summed E-state index contributed by atoms with van der Waals surface area (Å²) in [4.78, 5) is 0. The molecule has 0 bridgehead atoms. The van der Waals surface area contributed by atoms with Crippen molar-refractivity contribution in [2.24, 2.45) is 0 Å². The fourth-order valence-electron chi connectivity index (χ4n) is 2.94. The molecule has 27 heavy (non-hydrogen) atoms. The molecule has 0 aliphatic carbocycles. The monoisotopic (exact) mass is 376 g/mol. The fraction of sp³-hybridized carbons (Fsp3) is 0.619. The molecule has 148 valence electrons. The summed E-state index contributed by atoms with van der Waals surface area (Å²) in [5, 5.41) is 0. The molecule has 6 nitrogen and oxygen atoms in total. The summed E-state index contributed by atoms with van der Waals surface area (Å²) in [5.74, 6) is 0. The standard InChI is InChI=1S/C21H28O6/c1-2-3-15-4-16(6-22-8-18-11-25-18)21(14-24-10-20-13-27-20)17(5-15)7-23-9-19-12-26-19/h2-5,18-20H,6-14H2,1H3. The molecule has 3 fully saturated rings. The highest BCUT2D eigenvalue weighted by molar-refractivity contribution is 5.54. The van der Waals surface area contributed by atoms with Gasteiger partial charge in [0, 0.05) is 0 Å². The molecule has 3 aliphatic heterocycles. The molecule has 0 amide bonds. The van der Waals surface area contributed by atoms with Gasteiger partial charge in [0.25, 0.3) is 0 Å². The van der Waals surface area contributed by atoms with Gasteiger partial charge in [-0.25, -0.2) is 0 Å². The van der Waals surface area contributed by atoms with Gasteiger partial charge in [0.1, 0.15) is 18.3 Å². The molecule has 1 aromatic rings. The highest BCUT2D eigenvalue weighted by Crippen LogP contribution is 2.24. The van der Waals surface area contributed by atoms with Crippen molar-refractivity contribution in [2.75, 3.05) is 39.6 Å². The number of allylic oxidation sites excluding steroid dienone is 1. The van der Waals surface area contributed by atoms with Crippen molar-refractivity contribution in [3.63, 3.8) is 0 Å². The minimum atomic E-state index is 0.255. The lowest BCUT2D eigenvalue weighted by Crippen LogP contribution is -2.11. The van der Waals surface area contributed by atoms with E-state index in [-0.39, 0.29) is 18.3 Å². The molecule has 0 saturated carbocycles. The minimum Gasteiger partial charge on any atom is -0.374 e. The van der Waals surface area contributed by atoms with Gasteiger partial charge in [0.15, 0.2) is 0 Å². The average molecular weight is 376 g/mol. The Hall–Kier alpha value is -1.28. The third-order valence-electron chi connectivity index (χ3n) is 4.70. The van der Waals surface area contributed by atoms with Gasteiger partial charge in [-0.1, -0.05) is 12.2 Å². The summed E-state index contributed by atoms with van der Waals surface area (Å²) in [6.07, 6.45) is 4.92. The first-order chi connectivity index (χ1) is 13.3. The van der Waals surface area contributed by atoms with E-state index >= 15 is 0 Å². The topological polar surface area (TPSA) is 65.3 Å². The van der Waals surface area contributed by atoms with Crippen molar-refractivity contribution in [1.82, 2.24) is 0 Å². The molecule has 4 rings (SSSR count). The smallest absolute Gasteiger partial charge is 0.104 e. The molecule has 3 saturated heterocycles. The van der Waals surface area contributed by atoms with Crippen LogP contribution in [0.3, 0.4) is 0 Å². The van der Waals surface area contributed by atoms with Crippen LogP contribution < -0.4 is 0 Å². The maximum Gasteiger partial charge on any atom is 0.104 e. The Bertz CT molecular complexity index is 607. The van der Waals surface area contributed by atoms with E-state index < -0.39 is 0 Å². The molecular weight excluding hydrogens is 348 g/mol. The van der Waals surface area contributed by atoms with Crippen LogP contribution in [-0.2, 0) is 48.2 Å². The predicted octanol–water partition coefficient (Wildman–Crippen LogP) is 2.47. The first kappa shape index (κ1) is 19.1. The van der Waals surface area contributed by atoms with Gasteiger partial charge in [0.05, 0.1) is 59.5 Å². The SMILES string of the molecule is CC=Cc1cc(COCC2CO2)c(COCC2CO2)c(COCC2CO2)c1. The average Bonchev–Trinajstić information content (AvgIpc) is 3.51. The van der Waals surface area contributed by atoms with E-state index in [1.54, 1.807) is 0 Å². The van der Waals surface area contributed by atoms with Crippen molar-refractivity contribution in [3.05, 3.63) is 40.5 Å². The molecule has 3 aliphatic rings. The van der Waals surface area contributed by atoms with E-state index in [1.165, 1.54) is 0 Å². The van der Waals surface area contributed by atoms with Crippen LogP contribution in [-0.4, -0.2) is 58.0 Å². The molecule has 0 aromatic heterocycles. The number of rotatable bonds is 13. The van der Waals surface area contributed by atoms with E-state index in [0.29, 0.717) is 39.6 Å². The van der Waals surface area contributed by atoms with E-state index in [0.717, 1.165) is 42.1 Å². The van der Waals surface area contributed by atoms with Crippen LogP contribution in [0.25, 0.3) is 6.08 Å². The second-order valence-electron chi connectivity index (χ2n) is 7.23. The molecule has 0 radical (unpaired) electrons. The molecule has 3 unspecified atom stereocenters. The lowest BCUT2D eigenvalue weighted by atomic mass is 9.98. The van der Waals surface area contributed by atoms with Gasteiger partial charge in [-0.15, -0.1) is 0 Å². The van der Waals surface area contributed by atoms with Crippen molar-refractivity contribution in [3.8, 4) is 0 Å². The Morgan fingerprint density at radius 2 is 1.26 bits per heavy atom. The quantitative estimate of drug-likeness (QED) is 0.493. The van der Waals surface area contributed by atoms with Crippen LogP contribution in [0.5, 0.6) is 0 Å². The summed E-state index contributed by atoms with van der Waals surface area (Å²) >= 11 is 0. The maximum atomic E-state index is 5.90. The predicted molar refractivity (Wildman–Crippen MR) is 99.3 cm³/mol. The summed E-state index contributed by atoms with van der Waals surface area (Å²) in [7, 11) is 0. The molecule has 6 heteroatoms. The van der Waals surface area contributed by atoms with E-state index in [1.807, 2.05) is 13.0 Å². The lowest BCUT2D eigenvalue weighted by molar-refractivity contribution is 0.0847. The van der Waals surface area contributed by atoms with Crippen molar-refractivity contribution in [1.29, 1.82) is 0 Å². The van der Waals surface area contributed by atoms with Gasteiger partial charge < -0.3 is 28.4 Å². The third kappa shape index (κ3) is 6.38. The number of hydrogen-bond acceptors (Lipinski definition) is 6. The fourth-order valence-corrected chi connectivity index (χ4v) is 2.94.